The Kier molecular flexibility index (Phi) is 4.79. The summed E-state index contributed by atoms with van der Waals surface area (Å²) in [5, 5.41) is 3.40. The zero-order chi connectivity index (χ0) is 16.2. The average Bonchev–Trinajstić information content (AvgIpc) is 2.59. The molecule has 0 aliphatic rings. The van der Waals surface area contributed by atoms with Gasteiger partial charge in [0, 0.05) is 15.7 Å². The number of carbonyl (C=O) groups is 1. The SMILES string of the molecule is O=C(Nc1ccc(Br)c(Cl)c1)c1ccc(-c2ccccc2)cc1. The monoisotopic (exact) mass is 385 g/mol. The first-order valence-electron chi connectivity index (χ1n) is 7.05. The third kappa shape index (κ3) is 3.81. The Bertz CT molecular complexity index is 832. The van der Waals surface area contributed by atoms with E-state index < -0.39 is 0 Å². The molecule has 0 saturated carbocycles. The highest BCUT2D eigenvalue weighted by Crippen LogP contribution is 2.26. The number of carbonyl (C=O) groups excluding carboxylic acids is 1. The Hall–Kier alpha value is -2.10. The van der Waals surface area contributed by atoms with Crippen LogP contribution in [0.3, 0.4) is 0 Å². The van der Waals surface area contributed by atoms with Gasteiger partial charge in [0.1, 0.15) is 0 Å². The van der Waals surface area contributed by atoms with Crippen LogP contribution in [0, 0.1) is 0 Å². The lowest BCUT2D eigenvalue weighted by Gasteiger charge is -2.07. The Labute approximate surface area is 148 Å². The Morgan fingerprint density at radius 2 is 1.52 bits per heavy atom. The minimum atomic E-state index is -0.164. The summed E-state index contributed by atoms with van der Waals surface area (Å²) in [4.78, 5) is 12.3. The first-order chi connectivity index (χ1) is 11.1. The smallest absolute Gasteiger partial charge is 0.255 e. The van der Waals surface area contributed by atoms with Crippen molar-refractivity contribution >= 4 is 39.1 Å². The fraction of sp³-hybridized carbons (Fsp3) is 0. The summed E-state index contributed by atoms with van der Waals surface area (Å²) in [6.07, 6.45) is 0. The Morgan fingerprint density at radius 1 is 0.870 bits per heavy atom. The van der Waals surface area contributed by atoms with Crippen molar-refractivity contribution in [3.8, 4) is 11.1 Å². The van der Waals surface area contributed by atoms with Gasteiger partial charge in [-0.2, -0.15) is 0 Å². The van der Waals surface area contributed by atoms with Crippen LogP contribution < -0.4 is 5.32 Å². The molecule has 0 aliphatic heterocycles. The number of halogens is 2. The summed E-state index contributed by atoms with van der Waals surface area (Å²) in [6, 6.07) is 22.9. The van der Waals surface area contributed by atoms with E-state index in [4.69, 9.17) is 11.6 Å². The molecule has 0 spiro atoms. The molecule has 23 heavy (non-hydrogen) atoms. The van der Waals surface area contributed by atoms with E-state index in [1.807, 2.05) is 54.6 Å². The quantitative estimate of drug-likeness (QED) is 0.585. The lowest BCUT2D eigenvalue weighted by atomic mass is 10.0. The van der Waals surface area contributed by atoms with Crippen LogP contribution >= 0.6 is 27.5 Å². The van der Waals surface area contributed by atoms with E-state index in [1.54, 1.807) is 18.2 Å². The van der Waals surface area contributed by atoms with Crippen molar-refractivity contribution in [3.05, 3.63) is 87.9 Å². The Balaban J connectivity index is 1.76. The third-order valence-electron chi connectivity index (χ3n) is 3.43. The van der Waals surface area contributed by atoms with E-state index >= 15 is 0 Å². The molecule has 3 rings (SSSR count). The minimum Gasteiger partial charge on any atom is -0.322 e. The zero-order valence-electron chi connectivity index (χ0n) is 12.1. The van der Waals surface area contributed by atoms with Crippen LogP contribution in [0.5, 0.6) is 0 Å². The molecule has 0 bridgehead atoms. The van der Waals surface area contributed by atoms with Crippen molar-refractivity contribution in [1.29, 1.82) is 0 Å². The molecule has 3 aromatic carbocycles. The standard InChI is InChI=1S/C19H13BrClNO/c20-17-11-10-16(12-18(17)21)22-19(23)15-8-6-14(7-9-15)13-4-2-1-3-5-13/h1-12H,(H,22,23). The van der Waals surface area contributed by atoms with E-state index in [2.05, 4.69) is 21.2 Å². The first-order valence-corrected chi connectivity index (χ1v) is 8.22. The highest BCUT2D eigenvalue weighted by molar-refractivity contribution is 9.10. The predicted octanol–water partition coefficient (Wildman–Crippen LogP) is 6.02. The Morgan fingerprint density at radius 3 is 2.17 bits per heavy atom. The molecule has 1 N–H and O–H groups in total. The fourth-order valence-corrected chi connectivity index (χ4v) is 2.65. The maximum Gasteiger partial charge on any atom is 0.255 e. The van der Waals surface area contributed by atoms with Crippen LogP contribution in [0.1, 0.15) is 10.4 Å². The summed E-state index contributed by atoms with van der Waals surface area (Å²) >= 11 is 9.36. The van der Waals surface area contributed by atoms with Gasteiger partial charge in [0.25, 0.3) is 5.91 Å². The summed E-state index contributed by atoms with van der Waals surface area (Å²) < 4.78 is 0.796. The molecule has 0 aromatic heterocycles. The largest absolute Gasteiger partial charge is 0.322 e. The minimum absolute atomic E-state index is 0.164. The number of hydrogen-bond donors (Lipinski definition) is 1. The van der Waals surface area contributed by atoms with Crippen molar-refractivity contribution < 1.29 is 4.79 Å². The molecule has 0 fully saturated rings. The van der Waals surface area contributed by atoms with Crippen LogP contribution in [-0.2, 0) is 0 Å². The summed E-state index contributed by atoms with van der Waals surface area (Å²) in [6.45, 7) is 0. The van der Waals surface area contributed by atoms with Crippen LogP contribution in [0.2, 0.25) is 5.02 Å². The van der Waals surface area contributed by atoms with Gasteiger partial charge in [-0.25, -0.2) is 0 Å². The average molecular weight is 387 g/mol. The highest BCUT2D eigenvalue weighted by atomic mass is 79.9. The fourth-order valence-electron chi connectivity index (χ4n) is 2.22. The van der Waals surface area contributed by atoms with E-state index in [-0.39, 0.29) is 5.91 Å². The van der Waals surface area contributed by atoms with Gasteiger partial charge < -0.3 is 5.32 Å². The number of anilines is 1. The van der Waals surface area contributed by atoms with Crippen LogP contribution in [0.15, 0.2) is 77.3 Å². The molecule has 0 unspecified atom stereocenters. The van der Waals surface area contributed by atoms with Gasteiger partial charge in [-0.05, 0) is 57.4 Å². The number of rotatable bonds is 3. The predicted molar refractivity (Wildman–Crippen MR) is 99.0 cm³/mol. The van der Waals surface area contributed by atoms with Crippen molar-refractivity contribution in [2.75, 3.05) is 5.32 Å². The van der Waals surface area contributed by atoms with E-state index in [0.717, 1.165) is 15.6 Å². The maximum atomic E-state index is 12.3. The van der Waals surface area contributed by atoms with Gasteiger partial charge in [-0.15, -0.1) is 0 Å². The first kappa shape index (κ1) is 15.8. The van der Waals surface area contributed by atoms with Gasteiger partial charge in [0.05, 0.1) is 5.02 Å². The maximum absolute atomic E-state index is 12.3. The molecule has 2 nitrogen and oxygen atoms in total. The molecular formula is C19H13BrClNO. The van der Waals surface area contributed by atoms with E-state index in [1.165, 1.54) is 0 Å². The number of amides is 1. The van der Waals surface area contributed by atoms with Crippen molar-refractivity contribution in [1.82, 2.24) is 0 Å². The molecule has 114 valence electrons. The molecular weight excluding hydrogens is 374 g/mol. The molecule has 0 atom stereocenters. The second-order valence-electron chi connectivity index (χ2n) is 5.03. The van der Waals surface area contributed by atoms with Crippen LogP contribution in [0.25, 0.3) is 11.1 Å². The van der Waals surface area contributed by atoms with Crippen molar-refractivity contribution in [2.45, 2.75) is 0 Å². The zero-order valence-corrected chi connectivity index (χ0v) is 14.4. The number of hydrogen-bond acceptors (Lipinski definition) is 1. The van der Waals surface area contributed by atoms with Crippen molar-refractivity contribution in [2.24, 2.45) is 0 Å². The molecule has 0 aliphatic carbocycles. The van der Waals surface area contributed by atoms with Gasteiger partial charge in [-0.1, -0.05) is 54.1 Å². The molecule has 1 amide bonds. The van der Waals surface area contributed by atoms with E-state index in [9.17, 15) is 4.79 Å². The second kappa shape index (κ2) is 6.99. The summed E-state index contributed by atoms with van der Waals surface area (Å²) in [5.74, 6) is -0.164. The van der Waals surface area contributed by atoms with Gasteiger partial charge in [-0.3, -0.25) is 4.79 Å². The number of nitrogens with one attached hydrogen (secondary N) is 1. The van der Waals surface area contributed by atoms with Crippen molar-refractivity contribution in [3.63, 3.8) is 0 Å². The summed E-state index contributed by atoms with van der Waals surface area (Å²) in [7, 11) is 0. The second-order valence-corrected chi connectivity index (χ2v) is 6.29. The van der Waals surface area contributed by atoms with Gasteiger partial charge in [0.15, 0.2) is 0 Å². The third-order valence-corrected chi connectivity index (χ3v) is 4.66. The molecule has 4 heteroatoms. The molecule has 3 aromatic rings. The lowest BCUT2D eigenvalue weighted by Crippen LogP contribution is -2.11. The van der Waals surface area contributed by atoms with E-state index in [0.29, 0.717) is 16.3 Å². The normalized spacial score (nSPS) is 10.3. The van der Waals surface area contributed by atoms with Crippen LogP contribution in [-0.4, -0.2) is 5.91 Å². The topological polar surface area (TPSA) is 29.1 Å². The van der Waals surface area contributed by atoms with Gasteiger partial charge >= 0.3 is 0 Å². The molecule has 0 radical (unpaired) electrons. The summed E-state index contributed by atoms with van der Waals surface area (Å²) in [5.41, 5.74) is 3.46. The number of benzene rings is 3. The lowest BCUT2D eigenvalue weighted by molar-refractivity contribution is 0.102. The molecule has 0 saturated heterocycles. The van der Waals surface area contributed by atoms with Gasteiger partial charge in [0.2, 0.25) is 0 Å². The highest BCUT2D eigenvalue weighted by Gasteiger charge is 2.07. The molecule has 0 heterocycles. The van der Waals surface area contributed by atoms with Crippen LogP contribution in [0.4, 0.5) is 5.69 Å².